The Hall–Kier alpha value is -2.74. The summed E-state index contributed by atoms with van der Waals surface area (Å²) in [5.41, 5.74) is -0.662. The molecule has 1 atom stereocenters. The molecule has 2 heterocycles. The summed E-state index contributed by atoms with van der Waals surface area (Å²) >= 11 is 6.85. The Kier molecular flexibility index (Phi) is 9.97. The first-order valence-corrected chi connectivity index (χ1v) is 13.2. The Balaban J connectivity index is 1.84. The van der Waals surface area contributed by atoms with Crippen molar-refractivity contribution in [3.05, 3.63) is 45.4 Å². The van der Waals surface area contributed by atoms with Crippen molar-refractivity contribution in [1.82, 2.24) is 10.2 Å². The van der Waals surface area contributed by atoms with Gasteiger partial charge < -0.3 is 20.3 Å². The van der Waals surface area contributed by atoms with Gasteiger partial charge in [-0.15, -0.1) is 11.3 Å². The fourth-order valence-corrected chi connectivity index (χ4v) is 4.98. The second-order valence-corrected chi connectivity index (χ2v) is 11.9. The van der Waals surface area contributed by atoms with E-state index in [-0.39, 0.29) is 42.6 Å². The molecule has 0 radical (unpaired) electrons. The largest absolute Gasteiger partial charge is 0.401 e. The number of ether oxygens (including phenoxy) is 1. The van der Waals surface area contributed by atoms with Crippen molar-refractivity contribution in [2.75, 3.05) is 49.6 Å². The van der Waals surface area contributed by atoms with Gasteiger partial charge in [-0.3, -0.25) is 19.3 Å². The van der Waals surface area contributed by atoms with E-state index >= 15 is 0 Å². The zero-order valence-corrected chi connectivity index (χ0v) is 23.1. The number of nitrogens with one attached hydrogen (secondary N) is 2. The number of carbonyl (C=O) groups is 3. The first kappa shape index (κ1) is 30.8. The summed E-state index contributed by atoms with van der Waals surface area (Å²) in [5.74, 6) is -2.70. The summed E-state index contributed by atoms with van der Waals surface area (Å²) in [6.07, 6.45) is -4.63. The number of morpholine rings is 1. The summed E-state index contributed by atoms with van der Waals surface area (Å²) in [6, 6.07) is 5.15. The van der Waals surface area contributed by atoms with Crippen LogP contribution in [0.25, 0.3) is 0 Å². The molecule has 14 heteroatoms. The van der Waals surface area contributed by atoms with E-state index in [4.69, 9.17) is 16.3 Å². The number of hydrogen-bond acceptors (Lipinski definition) is 6. The minimum atomic E-state index is -4.63. The van der Waals surface area contributed by atoms with E-state index in [9.17, 15) is 31.9 Å². The highest BCUT2D eigenvalue weighted by molar-refractivity contribution is 7.18. The van der Waals surface area contributed by atoms with Crippen LogP contribution in [0.1, 0.15) is 30.4 Å². The normalized spacial score (nSPS) is 15.4. The average molecular weight is 593 g/mol. The molecule has 0 saturated carbocycles. The molecule has 1 aliphatic heterocycles. The standard InChI is InChI=1S/C25H29ClF4N4O4S/c1-24(2,3)13-33(14-25(28,29)30)18(11-31-23(37)19-6-7-20(26)39-19)22(36)32-15-4-5-17(16(27)10-15)34-8-9-38-12-21(34)35/h4-7,10,18H,8-9,11-14H2,1-3H3,(H,31,37)(H,32,36)/t18-/m0/s1. The van der Waals surface area contributed by atoms with Gasteiger partial charge in [0.15, 0.2) is 0 Å². The Morgan fingerprint density at radius 3 is 2.46 bits per heavy atom. The number of benzene rings is 1. The molecule has 2 aromatic rings. The van der Waals surface area contributed by atoms with Gasteiger partial charge in [-0.25, -0.2) is 4.39 Å². The number of thiophene rings is 1. The van der Waals surface area contributed by atoms with E-state index in [1.165, 1.54) is 29.2 Å². The summed E-state index contributed by atoms with van der Waals surface area (Å²) in [4.78, 5) is 40.4. The second-order valence-electron chi connectivity index (χ2n) is 10.2. The lowest BCUT2D eigenvalue weighted by Crippen LogP contribution is -2.55. The number of carbonyl (C=O) groups excluding carboxylic acids is 3. The Morgan fingerprint density at radius 2 is 1.90 bits per heavy atom. The molecule has 0 aliphatic carbocycles. The Labute approximate surface area is 232 Å². The van der Waals surface area contributed by atoms with Crippen LogP contribution in [0.3, 0.4) is 0 Å². The van der Waals surface area contributed by atoms with Crippen LogP contribution >= 0.6 is 22.9 Å². The zero-order chi connectivity index (χ0) is 29.0. The highest BCUT2D eigenvalue weighted by Gasteiger charge is 2.38. The maximum absolute atomic E-state index is 14.9. The lowest BCUT2D eigenvalue weighted by atomic mass is 9.95. The minimum Gasteiger partial charge on any atom is -0.370 e. The molecule has 0 spiro atoms. The maximum Gasteiger partial charge on any atom is 0.401 e. The zero-order valence-electron chi connectivity index (χ0n) is 21.5. The van der Waals surface area contributed by atoms with Crippen molar-refractivity contribution in [1.29, 1.82) is 0 Å². The molecule has 8 nitrogen and oxygen atoms in total. The number of alkyl halides is 3. The van der Waals surface area contributed by atoms with Crippen molar-refractivity contribution in [2.45, 2.75) is 33.0 Å². The fraction of sp³-hybridized carbons (Fsp3) is 0.480. The Bertz CT molecular complexity index is 1190. The van der Waals surface area contributed by atoms with E-state index in [0.29, 0.717) is 4.34 Å². The van der Waals surface area contributed by atoms with E-state index in [0.717, 1.165) is 22.3 Å². The van der Waals surface area contributed by atoms with Gasteiger partial charge in [0, 0.05) is 25.3 Å². The van der Waals surface area contributed by atoms with E-state index in [2.05, 4.69) is 10.6 Å². The van der Waals surface area contributed by atoms with Gasteiger partial charge in [0.1, 0.15) is 18.5 Å². The highest BCUT2D eigenvalue weighted by atomic mass is 35.5. The molecule has 214 valence electrons. The third-order valence-corrected chi connectivity index (χ3v) is 6.78. The van der Waals surface area contributed by atoms with Crippen LogP contribution in [0.5, 0.6) is 0 Å². The first-order chi connectivity index (χ1) is 18.1. The van der Waals surface area contributed by atoms with Crippen LogP contribution in [0.2, 0.25) is 4.34 Å². The topological polar surface area (TPSA) is 91.0 Å². The summed E-state index contributed by atoms with van der Waals surface area (Å²) < 4.78 is 60.9. The van der Waals surface area contributed by atoms with Crippen molar-refractivity contribution in [3.63, 3.8) is 0 Å². The van der Waals surface area contributed by atoms with Gasteiger partial charge in [0.05, 0.1) is 28.1 Å². The van der Waals surface area contributed by atoms with Crippen molar-refractivity contribution in [3.8, 4) is 0 Å². The molecule has 1 fully saturated rings. The average Bonchev–Trinajstić information content (AvgIpc) is 3.24. The lowest BCUT2D eigenvalue weighted by Gasteiger charge is -2.36. The quantitative estimate of drug-likeness (QED) is 0.417. The molecule has 1 aliphatic rings. The summed E-state index contributed by atoms with van der Waals surface area (Å²) in [6.45, 7) is 3.37. The highest BCUT2D eigenvalue weighted by Crippen LogP contribution is 2.27. The van der Waals surface area contributed by atoms with Crippen LogP contribution < -0.4 is 15.5 Å². The van der Waals surface area contributed by atoms with Gasteiger partial charge in [-0.2, -0.15) is 13.2 Å². The van der Waals surface area contributed by atoms with Gasteiger partial charge >= 0.3 is 6.18 Å². The number of rotatable bonds is 9. The predicted octanol–water partition coefficient (Wildman–Crippen LogP) is 4.55. The third kappa shape index (κ3) is 9.16. The SMILES string of the molecule is CC(C)(C)CN(CC(F)(F)F)[C@@H](CNC(=O)c1ccc(Cl)s1)C(=O)Nc1ccc(N2CCOCC2=O)c(F)c1. The molecule has 1 saturated heterocycles. The molecule has 0 unspecified atom stereocenters. The van der Waals surface area contributed by atoms with Crippen LogP contribution in [0.15, 0.2) is 30.3 Å². The van der Waals surface area contributed by atoms with Gasteiger partial charge in [0.2, 0.25) is 5.91 Å². The van der Waals surface area contributed by atoms with Gasteiger partial charge in [-0.05, 0) is 35.7 Å². The van der Waals surface area contributed by atoms with Gasteiger partial charge in [0.25, 0.3) is 11.8 Å². The number of hydrogen-bond donors (Lipinski definition) is 2. The van der Waals surface area contributed by atoms with Crippen molar-refractivity contribution >= 4 is 52.0 Å². The van der Waals surface area contributed by atoms with Crippen LogP contribution in [-0.2, 0) is 14.3 Å². The maximum atomic E-state index is 14.9. The van der Waals surface area contributed by atoms with E-state index in [1.807, 2.05) is 0 Å². The lowest BCUT2D eigenvalue weighted by molar-refractivity contribution is -0.156. The van der Waals surface area contributed by atoms with Crippen LogP contribution in [0.4, 0.5) is 28.9 Å². The van der Waals surface area contributed by atoms with E-state index < -0.39 is 54.3 Å². The predicted molar refractivity (Wildman–Crippen MR) is 141 cm³/mol. The minimum absolute atomic E-state index is 0.00819. The number of halogens is 5. The molecule has 0 bridgehead atoms. The molecule has 3 amide bonds. The van der Waals surface area contributed by atoms with Crippen LogP contribution in [0, 0.1) is 11.2 Å². The molecular weight excluding hydrogens is 564 g/mol. The Morgan fingerprint density at radius 1 is 1.18 bits per heavy atom. The number of anilines is 2. The van der Waals surface area contributed by atoms with Crippen LogP contribution in [-0.4, -0.2) is 74.2 Å². The molecule has 2 N–H and O–H groups in total. The monoisotopic (exact) mass is 592 g/mol. The van der Waals surface area contributed by atoms with Gasteiger partial charge in [-0.1, -0.05) is 32.4 Å². The molecule has 1 aromatic heterocycles. The van der Waals surface area contributed by atoms with Crippen molar-refractivity contribution in [2.24, 2.45) is 5.41 Å². The third-order valence-electron chi connectivity index (χ3n) is 5.55. The fourth-order valence-electron chi connectivity index (χ4n) is 4.02. The summed E-state index contributed by atoms with van der Waals surface area (Å²) in [5, 5.41) is 4.97. The number of nitrogens with zero attached hydrogens (tertiary/aromatic N) is 2. The molecule has 1 aromatic carbocycles. The summed E-state index contributed by atoms with van der Waals surface area (Å²) in [7, 11) is 0. The molecule has 39 heavy (non-hydrogen) atoms. The molecule has 3 rings (SSSR count). The van der Waals surface area contributed by atoms with Crippen molar-refractivity contribution < 1.29 is 36.7 Å². The number of amides is 3. The van der Waals surface area contributed by atoms with E-state index in [1.54, 1.807) is 20.8 Å². The second kappa shape index (κ2) is 12.6. The smallest absolute Gasteiger partial charge is 0.370 e. The first-order valence-electron chi connectivity index (χ1n) is 12.0. The molecular formula is C25H29ClF4N4O4S.